The van der Waals surface area contributed by atoms with Crippen LogP contribution in [0.4, 0.5) is 0 Å². The predicted molar refractivity (Wildman–Crippen MR) is 64.8 cm³/mol. The summed E-state index contributed by atoms with van der Waals surface area (Å²) in [6, 6.07) is 0.210. The van der Waals surface area contributed by atoms with Gasteiger partial charge in [0.15, 0.2) is 0 Å². The molecule has 0 amide bonds. The van der Waals surface area contributed by atoms with Gasteiger partial charge in [-0.05, 0) is 44.7 Å². The van der Waals surface area contributed by atoms with Crippen LogP contribution in [0, 0.1) is 5.92 Å². The average molecular weight is 246 g/mol. The normalized spacial score (nSPS) is 28.4. The summed E-state index contributed by atoms with van der Waals surface area (Å²) in [5, 5.41) is 3.26. The van der Waals surface area contributed by atoms with Crippen LogP contribution in [0.2, 0.25) is 0 Å². The zero-order valence-electron chi connectivity index (χ0n) is 9.74. The van der Waals surface area contributed by atoms with Crippen molar-refractivity contribution in [3.8, 4) is 0 Å². The number of sulfonamides is 1. The molecule has 2 aliphatic rings. The molecule has 0 bridgehead atoms. The van der Waals surface area contributed by atoms with Crippen molar-refractivity contribution in [2.75, 3.05) is 18.8 Å². The molecule has 0 aromatic rings. The summed E-state index contributed by atoms with van der Waals surface area (Å²) < 4.78 is 26.7. The highest BCUT2D eigenvalue weighted by Crippen LogP contribution is 2.19. The van der Waals surface area contributed by atoms with Crippen LogP contribution in [-0.2, 0) is 10.0 Å². The van der Waals surface area contributed by atoms with E-state index < -0.39 is 10.0 Å². The summed E-state index contributed by atoms with van der Waals surface area (Å²) in [6.45, 7) is 1.89. The van der Waals surface area contributed by atoms with E-state index in [2.05, 4.69) is 10.0 Å². The minimum absolute atomic E-state index is 0.210. The van der Waals surface area contributed by atoms with Crippen molar-refractivity contribution in [3.63, 3.8) is 0 Å². The Morgan fingerprint density at radius 1 is 1.12 bits per heavy atom. The molecule has 0 radical (unpaired) electrons. The third-order valence-corrected chi connectivity index (χ3v) is 5.16. The second-order valence-electron chi connectivity index (χ2n) is 5.09. The van der Waals surface area contributed by atoms with Crippen LogP contribution in [0.5, 0.6) is 0 Å². The molecule has 0 aromatic carbocycles. The lowest BCUT2D eigenvalue weighted by molar-refractivity contribution is 0.401. The first-order valence-corrected chi connectivity index (χ1v) is 8.02. The standard InChI is InChI=1S/C11H22N2O2S/c14-16(15,13-11-5-1-2-6-11)9-10-4-3-7-12-8-10/h10-13H,1-9H2. The fourth-order valence-electron chi connectivity index (χ4n) is 2.72. The molecule has 94 valence electrons. The van der Waals surface area contributed by atoms with Gasteiger partial charge in [0.1, 0.15) is 0 Å². The monoisotopic (exact) mass is 246 g/mol. The number of hydrogen-bond donors (Lipinski definition) is 2. The molecule has 1 aliphatic heterocycles. The number of nitrogens with one attached hydrogen (secondary N) is 2. The van der Waals surface area contributed by atoms with Gasteiger partial charge in [-0.15, -0.1) is 0 Å². The van der Waals surface area contributed by atoms with Crippen LogP contribution >= 0.6 is 0 Å². The molecule has 2 fully saturated rings. The van der Waals surface area contributed by atoms with Crippen molar-refractivity contribution in [2.45, 2.75) is 44.6 Å². The lowest BCUT2D eigenvalue weighted by atomic mass is 10.0. The molecule has 1 aliphatic carbocycles. The maximum atomic E-state index is 11.9. The van der Waals surface area contributed by atoms with E-state index in [1.807, 2.05) is 0 Å². The van der Waals surface area contributed by atoms with Crippen molar-refractivity contribution in [1.29, 1.82) is 0 Å². The molecular formula is C11H22N2O2S. The quantitative estimate of drug-likeness (QED) is 0.773. The van der Waals surface area contributed by atoms with E-state index in [4.69, 9.17) is 0 Å². The number of piperidine rings is 1. The lowest BCUT2D eigenvalue weighted by Crippen LogP contribution is -2.40. The maximum Gasteiger partial charge on any atom is 0.212 e. The van der Waals surface area contributed by atoms with Gasteiger partial charge < -0.3 is 5.32 Å². The van der Waals surface area contributed by atoms with Gasteiger partial charge in [0.2, 0.25) is 10.0 Å². The third kappa shape index (κ3) is 3.71. The van der Waals surface area contributed by atoms with Crippen LogP contribution in [0.25, 0.3) is 0 Å². The molecule has 1 atom stereocenters. The Bertz CT molecular complexity index is 304. The van der Waals surface area contributed by atoms with Crippen molar-refractivity contribution in [2.24, 2.45) is 5.92 Å². The van der Waals surface area contributed by atoms with E-state index in [-0.39, 0.29) is 6.04 Å². The Morgan fingerprint density at radius 2 is 1.88 bits per heavy atom. The van der Waals surface area contributed by atoms with Crippen molar-refractivity contribution < 1.29 is 8.42 Å². The summed E-state index contributed by atoms with van der Waals surface area (Å²) in [7, 11) is -3.05. The Labute approximate surface area is 98.2 Å². The molecule has 1 heterocycles. The maximum absolute atomic E-state index is 11.9. The highest BCUT2D eigenvalue weighted by molar-refractivity contribution is 7.89. The molecular weight excluding hydrogens is 224 g/mol. The van der Waals surface area contributed by atoms with E-state index in [0.29, 0.717) is 11.7 Å². The predicted octanol–water partition coefficient (Wildman–Crippen LogP) is 0.848. The first kappa shape index (κ1) is 12.3. The van der Waals surface area contributed by atoms with E-state index in [0.717, 1.165) is 51.6 Å². The largest absolute Gasteiger partial charge is 0.316 e. The average Bonchev–Trinajstić information content (AvgIpc) is 2.70. The second kappa shape index (κ2) is 5.47. The molecule has 5 heteroatoms. The summed E-state index contributed by atoms with van der Waals surface area (Å²) >= 11 is 0. The summed E-state index contributed by atoms with van der Waals surface area (Å²) in [5.74, 6) is 0.601. The zero-order valence-corrected chi connectivity index (χ0v) is 10.6. The van der Waals surface area contributed by atoms with Crippen LogP contribution in [0.1, 0.15) is 38.5 Å². The smallest absolute Gasteiger partial charge is 0.212 e. The fourth-order valence-corrected chi connectivity index (χ4v) is 4.47. The van der Waals surface area contributed by atoms with Crippen LogP contribution in [0.15, 0.2) is 0 Å². The van der Waals surface area contributed by atoms with Gasteiger partial charge in [0.25, 0.3) is 0 Å². The topological polar surface area (TPSA) is 58.2 Å². The number of hydrogen-bond acceptors (Lipinski definition) is 3. The van der Waals surface area contributed by atoms with Gasteiger partial charge in [-0.1, -0.05) is 12.8 Å². The van der Waals surface area contributed by atoms with Crippen LogP contribution in [0.3, 0.4) is 0 Å². The SMILES string of the molecule is O=S(=O)(CC1CCCNC1)NC1CCCC1. The van der Waals surface area contributed by atoms with E-state index in [9.17, 15) is 8.42 Å². The van der Waals surface area contributed by atoms with Crippen LogP contribution in [-0.4, -0.2) is 33.3 Å². The minimum Gasteiger partial charge on any atom is -0.316 e. The third-order valence-electron chi connectivity index (χ3n) is 3.56. The molecule has 1 saturated heterocycles. The summed E-state index contributed by atoms with van der Waals surface area (Å²) in [6.07, 6.45) is 6.50. The Balaban J connectivity index is 1.81. The van der Waals surface area contributed by atoms with Crippen molar-refractivity contribution in [1.82, 2.24) is 10.0 Å². The lowest BCUT2D eigenvalue weighted by Gasteiger charge is -2.23. The van der Waals surface area contributed by atoms with E-state index in [1.165, 1.54) is 0 Å². The fraction of sp³-hybridized carbons (Fsp3) is 1.00. The highest BCUT2D eigenvalue weighted by Gasteiger charge is 2.25. The van der Waals surface area contributed by atoms with Gasteiger partial charge >= 0.3 is 0 Å². The molecule has 1 unspecified atom stereocenters. The summed E-state index contributed by atoms with van der Waals surface area (Å²) in [4.78, 5) is 0. The minimum atomic E-state index is -3.05. The molecule has 1 saturated carbocycles. The first-order valence-electron chi connectivity index (χ1n) is 6.36. The summed E-state index contributed by atoms with van der Waals surface area (Å²) in [5.41, 5.74) is 0. The zero-order chi connectivity index (χ0) is 11.4. The van der Waals surface area contributed by atoms with E-state index >= 15 is 0 Å². The highest BCUT2D eigenvalue weighted by atomic mass is 32.2. The van der Waals surface area contributed by atoms with Gasteiger partial charge in [-0.3, -0.25) is 0 Å². The van der Waals surface area contributed by atoms with Gasteiger partial charge in [-0.25, -0.2) is 13.1 Å². The van der Waals surface area contributed by atoms with Gasteiger partial charge in [-0.2, -0.15) is 0 Å². The number of rotatable bonds is 4. The Kier molecular flexibility index (Phi) is 4.21. The molecule has 2 N–H and O–H groups in total. The second-order valence-corrected chi connectivity index (χ2v) is 6.89. The van der Waals surface area contributed by atoms with Crippen LogP contribution < -0.4 is 10.0 Å². The molecule has 0 spiro atoms. The molecule has 2 rings (SSSR count). The Morgan fingerprint density at radius 3 is 2.50 bits per heavy atom. The molecule has 16 heavy (non-hydrogen) atoms. The molecule has 4 nitrogen and oxygen atoms in total. The van der Waals surface area contributed by atoms with Gasteiger partial charge in [0, 0.05) is 6.04 Å². The van der Waals surface area contributed by atoms with Gasteiger partial charge in [0.05, 0.1) is 5.75 Å². The van der Waals surface area contributed by atoms with Crippen molar-refractivity contribution >= 4 is 10.0 Å². The Hall–Kier alpha value is -0.130. The van der Waals surface area contributed by atoms with Crippen molar-refractivity contribution in [3.05, 3.63) is 0 Å². The first-order chi connectivity index (χ1) is 7.66. The molecule has 0 aromatic heterocycles. The van der Waals surface area contributed by atoms with E-state index in [1.54, 1.807) is 0 Å².